The number of hydrogen-bond donors (Lipinski definition) is 0. The molecule has 128 valence electrons. The highest BCUT2D eigenvalue weighted by molar-refractivity contribution is 7.99. The first-order valence-corrected chi connectivity index (χ1v) is 8.50. The highest BCUT2D eigenvalue weighted by Crippen LogP contribution is 2.42. The van der Waals surface area contributed by atoms with Crippen molar-refractivity contribution in [3.8, 4) is 11.8 Å². The molecule has 1 heterocycles. The summed E-state index contributed by atoms with van der Waals surface area (Å²) in [4.78, 5) is 3.70. The largest absolute Gasteiger partial charge is 0.416 e. The molecular formula is C20H16F3NS. The predicted molar refractivity (Wildman–Crippen MR) is 96.2 cm³/mol. The molecule has 5 heteroatoms. The molecule has 0 radical (unpaired) electrons. The molecular weight excluding hydrogens is 343 g/mol. The van der Waals surface area contributed by atoms with Crippen LogP contribution in [0.25, 0.3) is 11.6 Å². The second-order valence-electron chi connectivity index (χ2n) is 5.95. The molecule has 0 amide bonds. The summed E-state index contributed by atoms with van der Waals surface area (Å²) < 4.78 is 39.4. The molecule has 0 N–H and O–H groups in total. The molecule has 1 nitrogen and oxygen atoms in total. The second-order valence-corrected chi connectivity index (χ2v) is 7.03. The zero-order chi connectivity index (χ0) is 18.0. The quantitative estimate of drug-likeness (QED) is 0.638. The van der Waals surface area contributed by atoms with Gasteiger partial charge in [0.05, 0.1) is 12.1 Å². The van der Waals surface area contributed by atoms with E-state index >= 15 is 0 Å². The summed E-state index contributed by atoms with van der Waals surface area (Å²) in [7, 11) is 3.80. The van der Waals surface area contributed by atoms with Gasteiger partial charge in [-0.25, -0.2) is 0 Å². The predicted octanol–water partition coefficient (Wildman–Crippen LogP) is 5.28. The van der Waals surface area contributed by atoms with E-state index in [1.54, 1.807) is 0 Å². The second kappa shape index (κ2) is 6.99. The van der Waals surface area contributed by atoms with Crippen molar-refractivity contribution in [1.29, 1.82) is 0 Å². The highest BCUT2D eigenvalue weighted by Gasteiger charge is 2.31. The normalized spacial score (nSPS) is 13.3. The Morgan fingerprint density at radius 1 is 1.04 bits per heavy atom. The summed E-state index contributed by atoms with van der Waals surface area (Å²) >= 11 is 1.47. The smallest absolute Gasteiger partial charge is 0.299 e. The maximum Gasteiger partial charge on any atom is 0.416 e. The van der Waals surface area contributed by atoms with E-state index in [9.17, 15) is 13.2 Å². The van der Waals surface area contributed by atoms with Crippen molar-refractivity contribution in [3.05, 3.63) is 59.2 Å². The highest BCUT2D eigenvalue weighted by atomic mass is 32.2. The first-order chi connectivity index (χ1) is 11.8. The first-order valence-electron chi connectivity index (χ1n) is 7.68. The molecule has 2 aromatic rings. The SMILES string of the molecule is CN(C)CC#CC1=Cc2ccccc2Sc2ccc(C(F)(F)F)cc21. The average molecular weight is 359 g/mol. The maximum atomic E-state index is 13.1. The molecule has 0 fully saturated rings. The molecule has 1 aliphatic rings. The van der Waals surface area contributed by atoms with Crippen LogP contribution in [0, 0.1) is 11.8 Å². The van der Waals surface area contributed by atoms with E-state index in [-0.39, 0.29) is 0 Å². The minimum atomic E-state index is -4.37. The van der Waals surface area contributed by atoms with Crippen LogP contribution in [0.4, 0.5) is 13.2 Å². The van der Waals surface area contributed by atoms with Crippen LogP contribution in [0.5, 0.6) is 0 Å². The third kappa shape index (κ3) is 4.09. The Bertz CT molecular complexity index is 886. The van der Waals surface area contributed by atoms with Gasteiger partial charge in [0.2, 0.25) is 0 Å². The third-order valence-electron chi connectivity index (χ3n) is 3.65. The van der Waals surface area contributed by atoms with Crippen LogP contribution in [0.15, 0.2) is 52.3 Å². The number of alkyl halides is 3. The fourth-order valence-corrected chi connectivity index (χ4v) is 3.49. The molecule has 2 aromatic carbocycles. The minimum absolute atomic E-state index is 0.530. The average Bonchev–Trinajstić information content (AvgIpc) is 2.69. The van der Waals surface area contributed by atoms with Gasteiger partial charge in [-0.3, -0.25) is 4.90 Å². The molecule has 3 rings (SSSR count). The number of halogens is 3. The Morgan fingerprint density at radius 2 is 1.80 bits per heavy atom. The summed E-state index contributed by atoms with van der Waals surface area (Å²) in [6.07, 6.45) is -2.50. The fraction of sp³-hybridized carbons (Fsp3) is 0.200. The van der Waals surface area contributed by atoms with Crippen molar-refractivity contribution >= 4 is 23.4 Å². The van der Waals surface area contributed by atoms with Crippen LogP contribution in [0.1, 0.15) is 16.7 Å². The number of rotatable bonds is 1. The molecule has 0 saturated heterocycles. The van der Waals surface area contributed by atoms with E-state index in [0.29, 0.717) is 17.7 Å². The Morgan fingerprint density at radius 3 is 2.52 bits per heavy atom. The zero-order valence-corrected chi connectivity index (χ0v) is 14.6. The van der Waals surface area contributed by atoms with Crippen molar-refractivity contribution < 1.29 is 13.2 Å². The maximum absolute atomic E-state index is 13.1. The Balaban J connectivity index is 2.16. The zero-order valence-electron chi connectivity index (χ0n) is 13.8. The van der Waals surface area contributed by atoms with Gasteiger partial charge >= 0.3 is 6.18 Å². The summed E-state index contributed by atoms with van der Waals surface area (Å²) in [5.41, 5.74) is 1.45. The summed E-state index contributed by atoms with van der Waals surface area (Å²) in [6, 6.07) is 11.6. The van der Waals surface area contributed by atoms with Crippen LogP contribution < -0.4 is 0 Å². The van der Waals surface area contributed by atoms with E-state index in [1.165, 1.54) is 23.9 Å². The topological polar surface area (TPSA) is 3.24 Å². The fourth-order valence-electron chi connectivity index (χ4n) is 2.45. The van der Waals surface area contributed by atoms with E-state index in [4.69, 9.17) is 0 Å². The van der Waals surface area contributed by atoms with Crippen molar-refractivity contribution in [2.75, 3.05) is 20.6 Å². The van der Waals surface area contributed by atoms with Crippen LogP contribution in [0.2, 0.25) is 0 Å². The monoisotopic (exact) mass is 359 g/mol. The Hall–Kier alpha value is -2.16. The summed E-state index contributed by atoms with van der Waals surface area (Å²) in [5.74, 6) is 6.09. The lowest BCUT2D eigenvalue weighted by atomic mass is 10.0. The molecule has 0 atom stereocenters. The van der Waals surface area contributed by atoms with Crippen LogP contribution in [0.3, 0.4) is 0 Å². The van der Waals surface area contributed by atoms with Crippen LogP contribution >= 0.6 is 11.8 Å². The van der Waals surface area contributed by atoms with Gasteiger partial charge in [-0.15, -0.1) is 0 Å². The number of fused-ring (bicyclic) bond motifs is 2. The van der Waals surface area contributed by atoms with Crippen molar-refractivity contribution in [2.45, 2.75) is 16.0 Å². The van der Waals surface area contributed by atoms with E-state index in [1.807, 2.05) is 49.3 Å². The van der Waals surface area contributed by atoms with Crippen molar-refractivity contribution in [2.24, 2.45) is 0 Å². The Kier molecular flexibility index (Phi) is 4.94. The van der Waals surface area contributed by atoms with Gasteiger partial charge in [-0.2, -0.15) is 13.2 Å². The lowest BCUT2D eigenvalue weighted by Crippen LogP contribution is -2.10. The van der Waals surface area contributed by atoms with Gasteiger partial charge in [-0.1, -0.05) is 41.8 Å². The van der Waals surface area contributed by atoms with Crippen LogP contribution in [-0.4, -0.2) is 25.5 Å². The van der Waals surface area contributed by atoms with E-state index in [2.05, 4.69) is 11.8 Å². The van der Waals surface area contributed by atoms with Gasteiger partial charge in [-0.05, 0) is 50.0 Å². The van der Waals surface area contributed by atoms with E-state index < -0.39 is 11.7 Å². The summed E-state index contributed by atoms with van der Waals surface area (Å²) in [5, 5.41) is 0. The molecule has 25 heavy (non-hydrogen) atoms. The number of hydrogen-bond acceptors (Lipinski definition) is 2. The molecule has 0 aromatic heterocycles. The van der Waals surface area contributed by atoms with Crippen molar-refractivity contribution in [1.82, 2.24) is 4.90 Å². The molecule has 1 aliphatic heterocycles. The van der Waals surface area contributed by atoms with Crippen LogP contribution in [-0.2, 0) is 6.18 Å². The number of nitrogens with zero attached hydrogens (tertiary/aromatic N) is 1. The standard InChI is InChI=1S/C20H16F3NS/c1-24(2)11-5-7-14-12-15-6-3-4-8-18(15)25-19-10-9-16(13-17(14)19)20(21,22)23/h3-4,6,8-10,12-13H,11H2,1-2H3. The van der Waals surface area contributed by atoms with Gasteiger partial charge in [0.1, 0.15) is 0 Å². The molecule has 0 saturated carbocycles. The number of allylic oxidation sites excluding steroid dienone is 1. The molecule has 0 unspecified atom stereocenters. The lowest BCUT2D eigenvalue weighted by molar-refractivity contribution is -0.137. The third-order valence-corrected chi connectivity index (χ3v) is 4.82. The molecule has 0 aliphatic carbocycles. The van der Waals surface area contributed by atoms with Gasteiger partial charge in [0, 0.05) is 20.9 Å². The van der Waals surface area contributed by atoms with Gasteiger partial charge in [0.25, 0.3) is 0 Å². The molecule has 0 bridgehead atoms. The molecule has 0 spiro atoms. The van der Waals surface area contributed by atoms with Crippen molar-refractivity contribution in [3.63, 3.8) is 0 Å². The number of benzene rings is 2. The van der Waals surface area contributed by atoms with Gasteiger partial charge < -0.3 is 0 Å². The Labute approximate surface area is 149 Å². The van der Waals surface area contributed by atoms with Gasteiger partial charge in [0.15, 0.2) is 0 Å². The van der Waals surface area contributed by atoms with E-state index in [0.717, 1.165) is 21.4 Å². The minimum Gasteiger partial charge on any atom is -0.299 e. The summed E-state index contributed by atoms with van der Waals surface area (Å²) in [6.45, 7) is 0.542. The first kappa shape index (κ1) is 17.7. The lowest BCUT2D eigenvalue weighted by Gasteiger charge is -2.12.